The second-order valence-electron chi connectivity index (χ2n) is 4.49. The average Bonchev–Trinajstić information content (AvgIpc) is 3.21. The fraction of sp³-hybridized carbons (Fsp3) is 0.385. The third-order valence-corrected chi connectivity index (χ3v) is 3.31. The van der Waals surface area contributed by atoms with Gasteiger partial charge in [0.25, 0.3) is 0 Å². The molecule has 114 valence electrons. The van der Waals surface area contributed by atoms with Gasteiger partial charge in [-0.05, 0) is 17.7 Å². The predicted octanol–water partition coefficient (Wildman–Crippen LogP) is 1.43. The highest BCUT2D eigenvalue weighted by Crippen LogP contribution is 2.43. The molecule has 0 aromatic heterocycles. The maximum Gasteiger partial charge on any atom is 0.416 e. The van der Waals surface area contributed by atoms with Crippen LogP contribution in [0.4, 0.5) is 13.2 Å². The van der Waals surface area contributed by atoms with Gasteiger partial charge in [-0.25, -0.2) is 9.59 Å². The van der Waals surface area contributed by atoms with Crippen LogP contribution in [-0.2, 0) is 25.2 Å². The number of hydrogen-bond acceptors (Lipinski definition) is 5. The number of carbonyl (C=O) groups is 2. The maximum atomic E-state index is 12.5. The van der Waals surface area contributed by atoms with Crippen LogP contribution in [0, 0.1) is 0 Å². The van der Waals surface area contributed by atoms with Crippen molar-refractivity contribution in [2.45, 2.75) is 17.8 Å². The lowest BCUT2D eigenvalue weighted by atomic mass is 9.98. The van der Waals surface area contributed by atoms with Crippen LogP contribution in [0.1, 0.15) is 17.2 Å². The monoisotopic (exact) mass is 303 g/mol. The Kier molecular flexibility index (Phi) is 3.66. The zero-order valence-electron chi connectivity index (χ0n) is 11.2. The molecule has 1 heterocycles. The summed E-state index contributed by atoms with van der Waals surface area (Å²) in [4.78, 5) is 23.5. The molecule has 1 atom stereocenters. The topological polar surface area (TPSA) is 74.5 Å². The summed E-state index contributed by atoms with van der Waals surface area (Å²) in [5, 5.41) is 2.63. The number of hydrogen-bond donors (Lipinski definition) is 1. The molecule has 0 amide bonds. The minimum absolute atomic E-state index is 0.360. The minimum Gasteiger partial charge on any atom is -0.467 e. The summed E-state index contributed by atoms with van der Waals surface area (Å²) in [6.45, 7) is 0. The van der Waals surface area contributed by atoms with E-state index in [2.05, 4.69) is 14.8 Å². The van der Waals surface area contributed by atoms with E-state index < -0.39 is 35.3 Å². The maximum absolute atomic E-state index is 12.5. The Bertz CT molecular complexity index is 552. The van der Waals surface area contributed by atoms with E-state index in [-0.39, 0.29) is 0 Å². The number of esters is 2. The highest BCUT2D eigenvalue weighted by molar-refractivity contribution is 6.09. The fourth-order valence-electron chi connectivity index (χ4n) is 2.14. The van der Waals surface area contributed by atoms with E-state index in [0.717, 1.165) is 26.4 Å². The van der Waals surface area contributed by atoms with Crippen LogP contribution in [-0.4, -0.2) is 31.7 Å². The molecule has 1 saturated heterocycles. The number of benzene rings is 1. The lowest BCUT2D eigenvalue weighted by Gasteiger charge is -2.11. The molecule has 1 N–H and O–H groups in total. The molecule has 1 unspecified atom stereocenters. The minimum atomic E-state index is -4.45. The van der Waals surface area contributed by atoms with Gasteiger partial charge in [0.15, 0.2) is 0 Å². The standard InChI is InChI=1S/C13H12F3NO4/c1-20-10(18)12(11(19)21-2)9(17-12)7-3-5-8(6-4-7)13(14,15)16/h3-6,9,17H,1-2H3. The van der Waals surface area contributed by atoms with Crippen LogP contribution in [0.25, 0.3) is 0 Å². The van der Waals surface area contributed by atoms with Crippen molar-refractivity contribution in [3.63, 3.8) is 0 Å². The van der Waals surface area contributed by atoms with Gasteiger partial charge < -0.3 is 9.47 Å². The first-order chi connectivity index (χ1) is 9.77. The molecule has 1 fully saturated rings. The van der Waals surface area contributed by atoms with Crippen molar-refractivity contribution < 1.29 is 32.2 Å². The van der Waals surface area contributed by atoms with Gasteiger partial charge in [0.1, 0.15) is 0 Å². The van der Waals surface area contributed by atoms with Crippen molar-refractivity contribution in [3.05, 3.63) is 35.4 Å². The molecule has 21 heavy (non-hydrogen) atoms. The molecular weight excluding hydrogens is 291 g/mol. The molecule has 0 spiro atoms. The first kappa shape index (κ1) is 15.3. The number of rotatable bonds is 3. The molecule has 2 rings (SSSR count). The SMILES string of the molecule is COC(=O)C1(C(=O)OC)NC1c1ccc(C(F)(F)F)cc1. The zero-order valence-corrected chi connectivity index (χ0v) is 11.2. The van der Waals surface area contributed by atoms with Gasteiger partial charge in [-0.15, -0.1) is 0 Å². The first-order valence-electron chi connectivity index (χ1n) is 5.89. The van der Waals surface area contributed by atoms with Crippen LogP contribution < -0.4 is 5.32 Å². The quantitative estimate of drug-likeness (QED) is 0.519. The van der Waals surface area contributed by atoms with Crippen molar-refractivity contribution in [1.82, 2.24) is 5.32 Å². The number of halogens is 3. The van der Waals surface area contributed by atoms with Gasteiger partial charge >= 0.3 is 18.1 Å². The van der Waals surface area contributed by atoms with Crippen molar-refractivity contribution in [1.29, 1.82) is 0 Å². The van der Waals surface area contributed by atoms with E-state index in [9.17, 15) is 22.8 Å². The van der Waals surface area contributed by atoms with Crippen LogP contribution in [0.5, 0.6) is 0 Å². The Balaban J connectivity index is 2.28. The summed E-state index contributed by atoms with van der Waals surface area (Å²) in [6, 6.07) is 3.39. The molecular formula is C13H12F3NO4. The lowest BCUT2D eigenvalue weighted by Crippen LogP contribution is -2.39. The molecule has 1 aromatic rings. The fourth-order valence-corrected chi connectivity index (χ4v) is 2.14. The number of ether oxygens (including phenoxy) is 2. The smallest absolute Gasteiger partial charge is 0.416 e. The predicted molar refractivity (Wildman–Crippen MR) is 64.1 cm³/mol. The molecule has 8 heteroatoms. The van der Waals surface area contributed by atoms with E-state index >= 15 is 0 Å². The van der Waals surface area contributed by atoms with Crippen LogP contribution in [0.15, 0.2) is 24.3 Å². The summed E-state index contributed by atoms with van der Waals surface area (Å²) in [5.41, 5.74) is -2.14. The molecule has 1 aromatic carbocycles. The number of alkyl halides is 3. The second-order valence-corrected chi connectivity index (χ2v) is 4.49. The van der Waals surface area contributed by atoms with E-state index in [1.807, 2.05) is 0 Å². The largest absolute Gasteiger partial charge is 0.467 e. The van der Waals surface area contributed by atoms with Gasteiger partial charge in [-0.2, -0.15) is 13.2 Å². The molecule has 5 nitrogen and oxygen atoms in total. The van der Waals surface area contributed by atoms with Gasteiger partial charge in [0.05, 0.1) is 25.8 Å². The normalized spacial score (nSPS) is 19.8. The molecule has 0 aliphatic carbocycles. The van der Waals surface area contributed by atoms with Gasteiger partial charge in [0.2, 0.25) is 5.54 Å². The number of methoxy groups -OCH3 is 2. The van der Waals surface area contributed by atoms with Crippen molar-refractivity contribution >= 4 is 11.9 Å². The summed E-state index contributed by atoms with van der Waals surface area (Å²) in [5.74, 6) is -1.70. The Hall–Kier alpha value is -2.09. The highest BCUT2D eigenvalue weighted by atomic mass is 19.4. The van der Waals surface area contributed by atoms with E-state index in [0.29, 0.717) is 5.56 Å². The summed E-state index contributed by atoms with van der Waals surface area (Å²) in [6.07, 6.45) is -4.45. The molecule has 1 aliphatic heterocycles. The lowest BCUT2D eigenvalue weighted by molar-refractivity contribution is -0.156. The molecule has 0 saturated carbocycles. The molecule has 1 aliphatic rings. The Morgan fingerprint density at radius 2 is 1.57 bits per heavy atom. The van der Waals surface area contributed by atoms with Gasteiger partial charge in [-0.1, -0.05) is 12.1 Å². The molecule has 0 bridgehead atoms. The Morgan fingerprint density at radius 3 is 1.95 bits per heavy atom. The Morgan fingerprint density at radius 1 is 1.10 bits per heavy atom. The summed E-state index contributed by atoms with van der Waals surface area (Å²) >= 11 is 0. The van der Waals surface area contributed by atoms with Gasteiger partial charge in [0, 0.05) is 0 Å². The van der Waals surface area contributed by atoms with E-state index in [1.54, 1.807) is 0 Å². The van der Waals surface area contributed by atoms with Crippen molar-refractivity contribution in [2.75, 3.05) is 14.2 Å². The van der Waals surface area contributed by atoms with Crippen LogP contribution in [0.3, 0.4) is 0 Å². The van der Waals surface area contributed by atoms with Crippen molar-refractivity contribution in [2.24, 2.45) is 0 Å². The number of carbonyl (C=O) groups excluding carboxylic acids is 2. The Labute approximate surface area is 118 Å². The summed E-state index contributed by atoms with van der Waals surface area (Å²) in [7, 11) is 2.22. The average molecular weight is 303 g/mol. The third-order valence-electron chi connectivity index (χ3n) is 3.31. The van der Waals surface area contributed by atoms with E-state index in [4.69, 9.17) is 0 Å². The summed E-state index contributed by atoms with van der Waals surface area (Å²) < 4.78 is 46.6. The first-order valence-corrected chi connectivity index (χ1v) is 5.89. The molecule has 0 radical (unpaired) electrons. The highest BCUT2D eigenvalue weighted by Gasteiger charge is 2.68. The number of nitrogens with one attached hydrogen (secondary N) is 1. The van der Waals surface area contributed by atoms with Crippen LogP contribution >= 0.6 is 0 Å². The second kappa shape index (κ2) is 5.03. The zero-order chi connectivity index (χ0) is 15.8. The third kappa shape index (κ3) is 2.46. The van der Waals surface area contributed by atoms with Gasteiger partial charge in [-0.3, -0.25) is 5.32 Å². The van der Waals surface area contributed by atoms with E-state index in [1.165, 1.54) is 12.1 Å². The van der Waals surface area contributed by atoms with Crippen molar-refractivity contribution in [3.8, 4) is 0 Å². The van der Waals surface area contributed by atoms with Crippen LogP contribution in [0.2, 0.25) is 0 Å².